The number of hydrogen-bond donors (Lipinski definition) is 1. The first-order valence-electron chi connectivity index (χ1n) is 7.57. The summed E-state index contributed by atoms with van der Waals surface area (Å²) < 4.78 is 5.38. The topological polar surface area (TPSA) is 50.7 Å². The van der Waals surface area contributed by atoms with Crippen LogP contribution < -0.4 is 10.2 Å². The summed E-state index contributed by atoms with van der Waals surface area (Å²) in [4.78, 5) is 12.0. The van der Waals surface area contributed by atoms with Crippen molar-refractivity contribution in [2.75, 3.05) is 6.61 Å². The largest absolute Gasteiger partial charge is 0.482 e. The molecule has 0 radical (unpaired) electrons. The lowest BCUT2D eigenvalue weighted by Crippen LogP contribution is -2.27. The Morgan fingerprint density at radius 2 is 1.72 bits per heavy atom. The van der Waals surface area contributed by atoms with E-state index in [9.17, 15) is 4.79 Å². The molecular formula is C18H17Cl3N2O2. The monoisotopic (exact) mass is 398 g/mol. The van der Waals surface area contributed by atoms with E-state index in [1.54, 1.807) is 0 Å². The zero-order chi connectivity index (χ0) is 18.4. The van der Waals surface area contributed by atoms with Gasteiger partial charge in [0.2, 0.25) is 0 Å². The maximum absolute atomic E-state index is 12.0. The maximum Gasteiger partial charge on any atom is 0.277 e. The van der Waals surface area contributed by atoms with Crippen molar-refractivity contribution in [3.63, 3.8) is 0 Å². The van der Waals surface area contributed by atoms with Crippen molar-refractivity contribution in [3.8, 4) is 5.75 Å². The van der Waals surface area contributed by atoms with E-state index < -0.39 is 5.91 Å². The molecule has 25 heavy (non-hydrogen) atoms. The molecule has 0 atom stereocenters. The number of ether oxygens (including phenoxy) is 1. The Hall–Kier alpha value is -1.75. The van der Waals surface area contributed by atoms with Gasteiger partial charge in [0, 0.05) is 6.07 Å². The number of carbonyl (C=O) groups excluding carboxylic acids is 1. The Morgan fingerprint density at radius 1 is 1.08 bits per heavy atom. The average molecular weight is 400 g/mol. The normalized spacial score (nSPS) is 11.5. The van der Waals surface area contributed by atoms with Crippen LogP contribution in [0.3, 0.4) is 0 Å². The van der Waals surface area contributed by atoms with E-state index >= 15 is 0 Å². The predicted molar refractivity (Wildman–Crippen MR) is 103 cm³/mol. The van der Waals surface area contributed by atoms with Crippen molar-refractivity contribution in [1.29, 1.82) is 0 Å². The molecule has 7 heteroatoms. The number of hydrazone groups is 1. The highest BCUT2D eigenvalue weighted by molar-refractivity contribution is 6.43. The summed E-state index contributed by atoms with van der Waals surface area (Å²) in [5.74, 6) is 0.0201. The van der Waals surface area contributed by atoms with Gasteiger partial charge in [0.05, 0.1) is 20.8 Å². The van der Waals surface area contributed by atoms with Gasteiger partial charge in [-0.15, -0.1) is 0 Å². The molecule has 1 N–H and O–H groups in total. The van der Waals surface area contributed by atoms with Gasteiger partial charge in [0.1, 0.15) is 5.75 Å². The average Bonchev–Trinajstić information content (AvgIpc) is 2.58. The molecule has 0 saturated carbocycles. The smallest absolute Gasteiger partial charge is 0.277 e. The highest BCUT2D eigenvalue weighted by Crippen LogP contribution is 2.33. The Morgan fingerprint density at radius 3 is 2.36 bits per heavy atom. The summed E-state index contributed by atoms with van der Waals surface area (Å²) in [5, 5.41) is 5.11. The first-order chi connectivity index (χ1) is 11.9. The van der Waals surface area contributed by atoms with Gasteiger partial charge in [0.15, 0.2) is 6.61 Å². The zero-order valence-electron chi connectivity index (χ0n) is 13.7. The van der Waals surface area contributed by atoms with Crippen LogP contribution in [0.5, 0.6) is 5.75 Å². The van der Waals surface area contributed by atoms with Crippen molar-refractivity contribution in [1.82, 2.24) is 5.43 Å². The fourth-order valence-corrected chi connectivity index (χ4v) is 2.64. The van der Waals surface area contributed by atoms with E-state index in [1.165, 1.54) is 12.1 Å². The van der Waals surface area contributed by atoms with Crippen molar-refractivity contribution < 1.29 is 9.53 Å². The molecular weight excluding hydrogens is 383 g/mol. The summed E-state index contributed by atoms with van der Waals surface area (Å²) in [6, 6.07) is 12.6. The minimum absolute atomic E-state index is 0.146. The van der Waals surface area contributed by atoms with Gasteiger partial charge in [-0.2, -0.15) is 5.10 Å². The van der Waals surface area contributed by atoms with E-state index in [2.05, 4.69) is 10.5 Å². The highest BCUT2D eigenvalue weighted by atomic mass is 35.5. The Labute approximate surface area is 161 Å². The molecule has 0 bridgehead atoms. The third-order valence-electron chi connectivity index (χ3n) is 3.25. The second-order valence-corrected chi connectivity index (χ2v) is 6.76. The Bertz CT molecular complexity index is 777. The molecule has 0 saturated heterocycles. The molecule has 2 aromatic carbocycles. The number of hydrogen-bond acceptors (Lipinski definition) is 3. The van der Waals surface area contributed by atoms with Gasteiger partial charge in [-0.25, -0.2) is 5.43 Å². The number of halogens is 3. The number of rotatable bonds is 6. The first kappa shape index (κ1) is 19.6. The lowest BCUT2D eigenvalue weighted by molar-refractivity contribution is -0.123. The van der Waals surface area contributed by atoms with E-state index in [4.69, 9.17) is 39.5 Å². The molecule has 132 valence electrons. The Kier molecular flexibility index (Phi) is 7.12. The minimum Gasteiger partial charge on any atom is -0.482 e. The van der Waals surface area contributed by atoms with E-state index in [0.29, 0.717) is 10.0 Å². The molecule has 0 aromatic heterocycles. The molecule has 0 aliphatic rings. The van der Waals surface area contributed by atoms with Crippen LogP contribution in [0.25, 0.3) is 0 Å². The number of benzene rings is 2. The molecule has 0 fully saturated rings. The zero-order valence-corrected chi connectivity index (χ0v) is 16.0. The van der Waals surface area contributed by atoms with Gasteiger partial charge in [-0.05, 0) is 17.5 Å². The van der Waals surface area contributed by atoms with E-state index in [1.807, 2.05) is 44.2 Å². The SMILES string of the molecule is CC(C)/C(=N\NC(=O)COc1cc(Cl)c(Cl)cc1Cl)c1ccccc1. The van der Waals surface area contributed by atoms with Crippen LogP contribution in [-0.4, -0.2) is 18.2 Å². The second-order valence-electron chi connectivity index (χ2n) is 5.54. The van der Waals surface area contributed by atoms with Crippen LogP contribution >= 0.6 is 34.8 Å². The quantitative estimate of drug-likeness (QED) is 0.412. The predicted octanol–water partition coefficient (Wildman–Crippen LogP) is 5.20. The van der Waals surface area contributed by atoms with Gasteiger partial charge < -0.3 is 4.74 Å². The maximum atomic E-state index is 12.0. The second kappa shape index (κ2) is 9.09. The number of nitrogens with one attached hydrogen (secondary N) is 1. The fourth-order valence-electron chi connectivity index (χ4n) is 2.05. The first-order valence-corrected chi connectivity index (χ1v) is 8.71. The summed E-state index contributed by atoms with van der Waals surface area (Å²) in [5.41, 5.74) is 4.23. The fraction of sp³-hybridized carbons (Fsp3) is 0.222. The molecule has 2 rings (SSSR count). The molecule has 0 aliphatic heterocycles. The van der Waals surface area contributed by atoms with Gasteiger partial charge >= 0.3 is 0 Å². The van der Waals surface area contributed by atoms with Crippen LogP contribution in [0.2, 0.25) is 15.1 Å². The van der Waals surface area contributed by atoms with Gasteiger partial charge in [-0.3, -0.25) is 4.79 Å². The van der Waals surface area contributed by atoms with Crippen molar-refractivity contribution >= 4 is 46.4 Å². The number of carbonyl (C=O) groups is 1. The van der Waals surface area contributed by atoms with Crippen molar-refractivity contribution in [3.05, 3.63) is 63.1 Å². The molecule has 0 aliphatic carbocycles. The standard InChI is InChI=1S/C18H17Cl3N2O2/c1-11(2)18(12-6-4-3-5-7-12)23-22-17(24)10-25-16-9-14(20)13(19)8-15(16)21/h3-9,11H,10H2,1-2H3,(H,22,24)/b23-18+. The molecule has 1 amide bonds. The van der Waals surface area contributed by atoms with Gasteiger partial charge in [0.25, 0.3) is 5.91 Å². The minimum atomic E-state index is -0.406. The lowest BCUT2D eigenvalue weighted by atomic mass is 10.0. The lowest BCUT2D eigenvalue weighted by Gasteiger charge is -2.11. The third-order valence-corrected chi connectivity index (χ3v) is 4.27. The van der Waals surface area contributed by atoms with E-state index in [-0.39, 0.29) is 23.3 Å². The number of amides is 1. The molecule has 0 heterocycles. The number of nitrogens with zero attached hydrogens (tertiary/aromatic N) is 1. The van der Waals surface area contributed by atoms with Crippen LogP contribution in [0.4, 0.5) is 0 Å². The Balaban J connectivity index is 2.01. The summed E-state index contributed by atoms with van der Waals surface area (Å²) >= 11 is 17.8. The molecule has 0 spiro atoms. The van der Waals surface area contributed by atoms with Gasteiger partial charge in [-0.1, -0.05) is 79.0 Å². The highest BCUT2D eigenvalue weighted by Gasteiger charge is 2.11. The van der Waals surface area contributed by atoms with Crippen molar-refractivity contribution in [2.24, 2.45) is 11.0 Å². The van der Waals surface area contributed by atoms with Crippen LogP contribution in [0.15, 0.2) is 47.6 Å². The molecule has 2 aromatic rings. The summed E-state index contributed by atoms with van der Waals surface area (Å²) in [6.45, 7) is 3.76. The van der Waals surface area contributed by atoms with Crippen molar-refractivity contribution in [2.45, 2.75) is 13.8 Å². The third kappa shape index (κ3) is 5.63. The van der Waals surface area contributed by atoms with Crippen LogP contribution in [-0.2, 0) is 4.79 Å². The summed E-state index contributed by atoms with van der Waals surface area (Å²) in [6.07, 6.45) is 0. The van der Waals surface area contributed by atoms with E-state index in [0.717, 1.165) is 11.3 Å². The molecule has 0 unspecified atom stereocenters. The van der Waals surface area contributed by atoms with Crippen LogP contribution in [0, 0.1) is 5.92 Å². The summed E-state index contributed by atoms with van der Waals surface area (Å²) in [7, 11) is 0. The molecule has 4 nitrogen and oxygen atoms in total. The van der Waals surface area contributed by atoms with Crippen LogP contribution in [0.1, 0.15) is 19.4 Å².